The van der Waals surface area contributed by atoms with Gasteiger partial charge in [-0.1, -0.05) is 0 Å². The van der Waals surface area contributed by atoms with Crippen LogP contribution in [0.5, 0.6) is 0 Å². The van der Waals surface area contributed by atoms with Gasteiger partial charge in [0.25, 0.3) is 0 Å². The molecule has 1 aliphatic rings. The Hall–Kier alpha value is 0.210. The number of halogens is 1. The van der Waals surface area contributed by atoms with Crippen LogP contribution in [-0.4, -0.2) is 24.4 Å². The molecule has 0 bridgehead atoms. The lowest BCUT2D eigenvalue weighted by Gasteiger charge is -2.32. The van der Waals surface area contributed by atoms with Crippen molar-refractivity contribution in [2.45, 2.75) is 57.8 Å². The minimum Gasteiger partial charge on any atom is -0.353 e. The van der Waals surface area contributed by atoms with E-state index in [1.165, 1.54) is 12.8 Å². The molecule has 1 aliphatic heterocycles. The molecular formula is C11H21ClO2. The molecule has 1 unspecified atom stereocenters. The summed E-state index contributed by atoms with van der Waals surface area (Å²) in [6.07, 6.45) is 5.43. The molecule has 2 nitrogen and oxygen atoms in total. The van der Waals surface area contributed by atoms with Gasteiger partial charge in [0, 0.05) is 12.5 Å². The van der Waals surface area contributed by atoms with Gasteiger partial charge >= 0.3 is 0 Å². The highest BCUT2D eigenvalue weighted by Crippen LogP contribution is 2.24. The lowest BCUT2D eigenvalue weighted by atomic mass is 10.0. The quantitative estimate of drug-likeness (QED) is 0.662. The maximum atomic E-state index is 5.90. The van der Waals surface area contributed by atoms with E-state index in [0.29, 0.717) is 5.88 Å². The maximum absolute atomic E-state index is 5.90. The summed E-state index contributed by atoms with van der Waals surface area (Å²) in [6, 6.07) is 0. The Balaban J connectivity index is 2.25. The average molecular weight is 221 g/mol. The van der Waals surface area contributed by atoms with E-state index in [0.717, 1.165) is 25.9 Å². The Morgan fingerprint density at radius 3 is 2.79 bits per heavy atom. The smallest absolute Gasteiger partial charge is 0.158 e. The molecule has 84 valence electrons. The molecule has 0 N–H and O–H groups in total. The van der Waals surface area contributed by atoms with Crippen molar-refractivity contribution in [1.29, 1.82) is 0 Å². The third kappa shape index (κ3) is 4.63. The van der Waals surface area contributed by atoms with Crippen LogP contribution in [0.3, 0.4) is 0 Å². The predicted molar refractivity (Wildman–Crippen MR) is 58.7 cm³/mol. The van der Waals surface area contributed by atoms with E-state index in [4.69, 9.17) is 21.1 Å². The Morgan fingerprint density at radius 2 is 2.21 bits per heavy atom. The van der Waals surface area contributed by atoms with E-state index >= 15 is 0 Å². The summed E-state index contributed by atoms with van der Waals surface area (Å²) in [4.78, 5) is 0. The van der Waals surface area contributed by atoms with Crippen LogP contribution < -0.4 is 0 Å². The molecule has 1 heterocycles. The van der Waals surface area contributed by atoms with Gasteiger partial charge in [-0.2, -0.15) is 0 Å². The summed E-state index contributed by atoms with van der Waals surface area (Å²) in [6.45, 7) is 5.06. The number of ether oxygens (including phenoxy) is 2. The number of alkyl halides is 1. The van der Waals surface area contributed by atoms with Crippen LogP contribution in [0, 0.1) is 0 Å². The Morgan fingerprint density at radius 1 is 1.43 bits per heavy atom. The van der Waals surface area contributed by atoms with Crippen LogP contribution in [0.1, 0.15) is 46.0 Å². The molecule has 0 spiro atoms. The SMILES string of the molecule is CC(C)(CCCCl)OC1CCCCO1. The largest absolute Gasteiger partial charge is 0.353 e. The van der Waals surface area contributed by atoms with Crippen molar-refractivity contribution in [3.63, 3.8) is 0 Å². The molecule has 14 heavy (non-hydrogen) atoms. The first-order valence-electron chi connectivity index (χ1n) is 5.49. The number of hydrogen-bond donors (Lipinski definition) is 0. The molecule has 0 radical (unpaired) electrons. The molecule has 1 fully saturated rings. The molecule has 3 heteroatoms. The normalized spacial score (nSPS) is 23.8. The molecule has 1 rings (SSSR count). The topological polar surface area (TPSA) is 18.5 Å². The Labute approximate surface area is 91.9 Å². The zero-order valence-electron chi connectivity index (χ0n) is 9.22. The second-order valence-electron chi connectivity index (χ2n) is 4.47. The lowest BCUT2D eigenvalue weighted by Crippen LogP contribution is -2.34. The molecular weight excluding hydrogens is 200 g/mol. The van der Waals surface area contributed by atoms with Crippen molar-refractivity contribution in [2.75, 3.05) is 12.5 Å². The predicted octanol–water partition coefficient (Wildman–Crippen LogP) is 3.33. The van der Waals surface area contributed by atoms with E-state index < -0.39 is 0 Å². The third-order valence-electron chi connectivity index (χ3n) is 2.50. The lowest BCUT2D eigenvalue weighted by molar-refractivity contribution is -0.216. The summed E-state index contributed by atoms with van der Waals surface area (Å²) in [5.41, 5.74) is -0.100. The van der Waals surface area contributed by atoms with Crippen LogP contribution in [0.4, 0.5) is 0 Å². The van der Waals surface area contributed by atoms with Gasteiger partial charge < -0.3 is 9.47 Å². The van der Waals surface area contributed by atoms with Crippen LogP contribution in [-0.2, 0) is 9.47 Å². The third-order valence-corrected chi connectivity index (χ3v) is 2.77. The van der Waals surface area contributed by atoms with Gasteiger partial charge in [-0.3, -0.25) is 0 Å². The van der Waals surface area contributed by atoms with Crippen LogP contribution in [0.2, 0.25) is 0 Å². The molecule has 0 aromatic carbocycles. The average Bonchev–Trinajstić information content (AvgIpc) is 2.16. The second kappa shape index (κ2) is 5.94. The van der Waals surface area contributed by atoms with Gasteiger partial charge in [-0.25, -0.2) is 0 Å². The fourth-order valence-electron chi connectivity index (χ4n) is 1.71. The van der Waals surface area contributed by atoms with E-state index in [-0.39, 0.29) is 11.9 Å². The monoisotopic (exact) mass is 220 g/mol. The van der Waals surface area contributed by atoms with Gasteiger partial charge in [-0.05, 0) is 46.0 Å². The summed E-state index contributed by atoms with van der Waals surface area (Å²) in [5.74, 6) is 0.707. The minimum absolute atomic E-state index is 0.00840. The molecule has 1 atom stereocenters. The van der Waals surface area contributed by atoms with Crippen molar-refractivity contribution >= 4 is 11.6 Å². The standard InChI is InChI=1S/C11H21ClO2/c1-11(2,7-5-8-12)14-10-6-3-4-9-13-10/h10H,3-9H2,1-2H3. The van der Waals surface area contributed by atoms with Crippen molar-refractivity contribution < 1.29 is 9.47 Å². The van der Waals surface area contributed by atoms with Gasteiger partial charge in [0.05, 0.1) is 5.60 Å². The Kier molecular flexibility index (Phi) is 5.21. The first kappa shape index (κ1) is 12.3. The van der Waals surface area contributed by atoms with Gasteiger partial charge in [0.2, 0.25) is 0 Å². The molecule has 0 aromatic heterocycles. The molecule has 1 saturated heterocycles. The van der Waals surface area contributed by atoms with Crippen LogP contribution in [0.15, 0.2) is 0 Å². The highest BCUT2D eigenvalue weighted by molar-refractivity contribution is 6.17. The van der Waals surface area contributed by atoms with Crippen molar-refractivity contribution in [3.8, 4) is 0 Å². The molecule has 0 aromatic rings. The fraction of sp³-hybridized carbons (Fsp3) is 1.00. The van der Waals surface area contributed by atoms with E-state index in [1.807, 2.05) is 0 Å². The van der Waals surface area contributed by atoms with E-state index in [2.05, 4.69) is 13.8 Å². The van der Waals surface area contributed by atoms with Gasteiger partial charge in [0.15, 0.2) is 6.29 Å². The molecule has 0 saturated carbocycles. The van der Waals surface area contributed by atoms with Crippen molar-refractivity contribution in [1.82, 2.24) is 0 Å². The van der Waals surface area contributed by atoms with E-state index in [9.17, 15) is 0 Å². The fourth-order valence-corrected chi connectivity index (χ4v) is 1.85. The summed E-state index contributed by atoms with van der Waals surface area (Å²) in [5, 5.41) is 0. The first-order valence-corrected chi connectivity index (χ1v) is 6.03. The zero-order valence-corrected chi connectivity index (χ0v) is 9.98. The van der Waals surface area contributed by atoms with E-state index in [1.54, 1.807) is 0 Å². The molecule has 0 aliphatic carbocycles. The Bertz CT molecular complexity index is 153. The van der Waals surface area contributed by atoms with Crippen molar-refractivity contribution in [2.24, 2.45) is 0 Å². The summed E-state index contributed by atoms with van der Waals surface area (Å²) >= 11 is 5.66. The summed E-state index contributed by atoms with van der Waals surface area (Å²) < 4.78 is 11.4. The molecule has 0 amide bonds. The number of rotatable bonds is 5. The summed E-state index contributed by atoms with van der Waals surface area (Å²) in [7, 11) is 0. The van der Waals surface area contributed by atoms with Crippen LogP contribution >= 0.6 is 11.6 Å². The highest BCUT2D eigenvalue weighted by atomic mass is 35.5. The highest BCUT2D eigenvalue weighted by Gasteiger charge is 2.24. The number of hydrogen-bond acceptors (Lipinski definition) is 2. The minimum atomic E-state index is -0.100. The maximum Gasteiger partial charge on any atom is 0.158 e. The van der Waals surface area contributed by atoms with Gasteiger partial charge in [0.1, 0.15) is 0 Å². The first-order chi connectivity index (χ1) is 6.64. The van der Waals surface area contributed by atoms with Crippen molar-refractivity contribution in [3.05, 3.63) is 0 Å². The zero-order chi connectivity index (χ0) is 10.4. The second-order valence-corrected chi connectivity index (χ2v) is 4.84. The van der Waals surface area contributed by atoms with Gasteiger partial charge in [-0.15, -0.1) is 11.6 Å². The van der Waals surface area contributed by atoms with Crippen LogP contribution in [0.25, 0.3) is 0 Å².